The van der Waals surface area contributed by atoms with Gasteiger partial charge in [0.15, 0.2) is 0 Å². The van der Waals surface area contributed by atoms with Gasteiger partial charge in [-0.1, -0.05) is 6.07 Å². The molecule has 0 unspecified atom stereocenters. The smallest absolute Gasteiger partial charge is 0.129 e. The van der Waals surface area contributed by atoms with Crippen molar-refractivity contribution in [1.29, 1.82) is 0 Å². The van der Waals surface area contributed by atoms with E-state index in [1.54, 1.807) is 16.9 Å². The zero-order valence-corrected chi connectivity index (χ0v) is 10.6. The summed E-state index contributed by atoms with van der Waals surface area (Å²) in [5.74, 6) is -0.256. The molecule has 2 rings (SSSR count). The molecule has 4 nitrogen and oxygen atoms in total. The second-order valence-electron chi connectivity index (χ2n) is 4.36. The van der Waals surface area contributed by atoms with Crippen LogP contribution in [0.15, 0.2) is 30.6 Å². The lowest BCUT2D eigenvalue weighted by atomic mass is 10.2. The zero-order valence-electron chi connectivity index (χ0n) is 10.6. The predicted molar refractivity (Wildman–Crippen MR) is 69.6 cm³/mol. The van der Waals surface area contributed by atoms with Crippen molar-refractivity contribution in [2.75, 3.05) is 11.9 Å². The quantitative estimate of drug-likeness (QED) is 0.895. The number of hydrogen-bond donors (Lipinski definition) is 1. The monoisotopic (exact) mass is 248 g/mol. The molecule has 5 heteroatoms. The summed E-state index contributed by atoms with van der Waals surface area (Å²) in [6, 6.07) is 5.12. The van der Waals surface area contributed by atoms with E-state index in [4.69, 9.17) is 5.73 Å². The first kappa shape index (κ1) is 12.6. The van der Waals surface area contributed by atoms with E-state index in [9.17, 15) is 4.39 Å². The molecule has 18 heavy (non-hydrogen) atoms. The molecule has 0 radical (unpaired) electrons. The Kier molecular flexibility index (Phi) is 3.62. The molecule has 0 saturated heterocycles. The summed E-state index contributed by atoms with van der Waals surface area (Å²) in [6.45, 7) is 0.910. The van der Waals surface area contributed by atoms with Gasteiger partial charge in [0, 0.05) is 50.2 Å². The first-order chi connectivity index (χ1) is 8.60. The van der Waals surface area contributed by atoms with Crippen molar-refractivity contribution >= 4 is 5.69 Å². The van der Waals surface area contributed by atoms with Crippen molar-refractivity contribution in [2.45, 2.75) is 13.1 Å². The molecule has 2 N–H and O–H groups in total. The third kappa shape index (κ3) is 2.68. The second-order valence-corrected chi connectivity index (χ2v) is 4.36. The SMILES string of the molecule is CN(Cc1cnn(C)c1)c1ccc(CN)c(F)c1. The Labute approximate surface area is 106 Å². The Hall–Kier alpha value is -1.88. The minimum absolute atomic E-state index is 0.221. The van der Waals surface area contributed by atoms with Crippen molar-refractivity contribution in [3.8, 4) is 0 Å². The fraction of sp³-hybridized carbons (Fsp3) is 0.308. The first-order valence-corrected chi connectivity index (χ1v) is 5.77. The number of halogens is 1. The van der Waals surface area contributed by atoms with Gasteiger partial charge in [0.25, 0.3) is 0 Å². The van der Waals surface area contributed by atoms with E-state index >= 15 is 0 Å². The molecule has 0 saturated carbocycles. The Morgan fingerprint density at radius 1 is 1.44 bits per heavy atom. The maximum atomic E-state index is 13.6. The van der Waals surface area contributed by atoms with Crippen LogP contribution in [-0.4, -0.2) is 16.8 Å². The van der Waals surface area contributed by atoms with Gasteiger partial charge in [-0.15, -0.1) is 0 Å². The molecule has 1 aromatic carbocycles. The molecular formula is C13H17FN4. The number of nitrogens with two attached hydrogens (primary N) is 1. The van der Waals surface area contributed by atoms with Gasteiger partial charge in [-0.05, 0) is 12.1 Å². The summed E-state index contributed by atoms with van der Waals surface area (Å²) >= 11 is 0. The second kappa shape index (κ2) is 5.18. The summed E-state index contributed by atoms with van der Waals surface area (Å²) in [4.78, 5) is 1.97. The van der Waals surface area contributed by atoms with Crippen molar-refractivity contribution in [3.05, 3.63) is 47.5 Å². The van der Waals surface area contributed by atoms with Crippen LogP contribution in [-0.2, 0) is 20.1 Å². The molecule has 2 aromatic rings. The summed E-state index contributed by atoms with van der Waals surface area (Å²) in [7, 11) is 3.79. The maximum absolute atomic E-state index is 13.6. The number of nitrogens with zero attached hydrogens (tertiary/aromatic N) is 3. The Morgan fingerprint density at radius 3 is 2.78 bits per heavy atom. The minimum Gasteiger partial charge on any atom is -0.370 e. The van der Waals surface area contributed by atoms with Crippen molar-refractivity contribution in [3.63, 3.8) is 0 Å². The van der Waals surface area contributed by atoms with Crippen LogP contribution in [0.1, 0.15) is 11.1 Å². The third-order valence-electron chi connectivity index (χ3n) is 2.88. The summed E-state index contributed by atoms with van der Waals surface area (Å²) in [6.07, 6.45) is 3.75. The Bertz CT molecular complexity index is 536. The highest BCUT2D eigenvalue weighted by Gasteiger charge is 2.07. The number of anilines is 1. The van der Waals surface area contributed by atoms with Gasteiger partial charge >= 0.3 is 0 Å². The van der Waals surface area contributed by atoms with E-state index < -0.39 is 0 Å². The lowest BCUT2D eigenvalue weighted by Crippen LogP contribution is -2.16. The predicted octanol–water partition coefficient (Wildman–Crippen LogP) is 1.65. The summed E-state index contributed by atoms with van der Waals surface area (Å²) in [5.41, 5.74) is 7.89. The van der Waals surface area contributed by atoms with Gasteiger partial charge in [0.05, 0.1) is 6.20 Å². The van der Waals surface area contributed by atoms with Gasteiger partial charge in [0.2, 0.25) is 0 Å². The van der Waals surface area contributed by atoms with Crippen LogP contribution in [0.5, 0.6) is 0 Å². The van der Waals surface area contributed by atoms with Crippen LogP contribution in [0.25, 0.3) is 0 Å². The van der Waals surface area contributed by atoms with E-state index in [1.165, 1.54) is 6.07 Å². The van der Waals surface area contributed by atoms with Crippen LogP contribution in [0.2, 0.25) is 0 Å². The lowest BCUT2D eigenvalue weighted by Gasteiger charge is -2.19. The fourth-order valence-electron chi connectivity index (χ4n) is 1.86. The largest absolute Gasteiger partial charge is 0.370 e. The number of benzene rings is 1. The number of aromatic nitrogens is 2. The molecule has 0 aliphatic rings. The molecule has 1 aromatic heterocycles. The number of rotatable bonds is 4. The molecule has 0 amide bonds. The average Bonchev–Trinajstić information content (AvgIpc) is 2.74. The van der Waals surface area contributed by atoms with Crippen molar-refractivity contribution in [2.24, 2.45) is 12.8 Å². The first-order valence-electron chi connectivity index (χ1n) is 5.77. The van der Waals surface area contributed by atoms with Crippen molar-refractivity contribution in [1.82, 2.24) is 9.78 Å². The van der Waals surface area contributed by atoms with E-state index in [0.717, 1.165) is 11.3 Å². The van der Waals surface area contributed by atoms with Gasteiger partial charge in [0.1, 0.15) is 5.82 Å². The molecule has 0 aliphatic carbocycles. The number of aryl methyl sites for hydroxylation is 1. The van der Waals surface area contributed by atoms with Gasteiger partial charge in [-0.2, -0.15) is 5.10 Å². The highest BCUT2D eigenvalue weighted by Crippen LogP contribution is 2.19. The molecule has 0 atom stereocenters. The van der Waals surface area contributed by atoms with E-state index in [-0.39, 0.29) is 12.4 Å². The van der Waals surface area contributed by atoms with E-state index in [0.29, 0.717) is 12.1 Å². The van der Waals surface area contributed by atoms with Gasteiger partial charge in [-0.25, -0.2) is 4.39 Å². The molecule has 0 spiro atoms. The van der Waals surface area contributed by atoms with Crippen LogP contribution in [0, 0.1) is 5.82 Å². The molecule has 0 aliphatic heterocycles. The highest BCUT2D eigenvalue weighted by molar-refractivity contribution is 5.47. The molecule has 1 heterocycles. The van der Waals surface area contributed by atoms with Crippen LogP contribution in [0.3, 0.4) is 0 Å². The van der Waals surface area contributed by atoms with Crippen LogP contribution in [0.4, 0.5) is 10.1 Å². The third-order valence-corrected chi connectivity index (χ3v) is 2.88. The van der Waals surface area contributed by atoms with E-state index in [1.807, 2.05) is 31.3 Å². The molecule has 0 bridgehead atoms. The topological polar surface area (TPSA) is 47.1 Å². The normalized spacial score (nSPS) is 10.7. The minimum atomic E-state index is -0.256. The Morgan fingerprint density at radius 2 is 2.22 bits per heavy atom. The molecule has 0 fully saturated rings. The Balaban J connectivity index is 2.13. The summed E-state index contributed by atoms with van der Waals surface area (Å²) in [5, 5.41) is 4.11. The average molecular weight is 248 g/mol. The maximum Gasteiger partial charge on any atom is 0.129 e. The van der Waals surface area contributed by atoms with Crippen LogP contribution < -0.4 is 10.6 Å². The van der Waals surface area contributed by atoms with Gasteiger partial charge < -0.3 is 10.6 Å². The molecule has 96 valence electrons. The van der Waals surface area contributed by atoms with E-state index in [2.05, 4.69) is 5.10 Å². The fourth-order valence-corrected chi connectivity index (χ4v) is 1.86. The highest BCUT2D eigenvalue weighted by atomic mass is 19.1. The van der Waals surface area contributed by atoms with Gasteiger partial charge in [-0.3, -0.25) is 4.68 Å². The zero-order chi connectivity index (χ0) is 13.1. The molecular weight excluding hydrogens is 231 g/mol. The standard InChI is InChI=1S/C13H17FN4/c1-17(8-10-7-16-18(2)9-10)12-4-3-11(6-15)13(14)5-12/h3-5,7,9H,6,8,15H2,1-2H3. The van der Waals surface area contributed by atoms with Crippen LogP contribution >= 0.6 is 0 Å². The number of hydrogen-bond acceptors (Lipinski definition) is 3. The lowest BCUT2D eigenvalue weighted by molar-refractivity contribution is 0.610. The summed E-state index contributed by atoms with van der Waals surface area (Å²) < 4.78 is 15.4. The van der Waals surface area contributed by atoms with Crippen molar-refractivity contribution < 1.29 is 4.39 Å².